The van der Waals surface area contributed by atoms with Crippen molar-refractivity contribution in [2.75, 3.05) is 0 Å². The fourth-order valence-corrected chi connectivity index (χ4v) is 3.70. The van der Waals surface area contributed by atoms with E-state index in [0.717, 1.165) is 33.9 Å². The first-order valence-electron chi connectivity index (χ1n) is 9.78. The average molecular weight is 372 g/mol. The Balaban J connectivity index is 1.78. The molecule has 0 unspecified atom stereocenters. The van der Waals surface area contributed by atoms with Gasteiger partial charge in [-0.1, -0.05) is 96.6 Å². The molecule has 0 saturated carbocycles. The van der Waals surface area contributed by atoms with Crippen molar-refractivity contribution in [2.45, 2.75) is 6.92 Å². The van der Waals surface area contributed by atoms with Crippen molar-refractivity contribution >= 4 is 10.8 Å². The number of aromatic nitrogens is 2. The molecule has 0 spiro atoms. The molecule has 1 heterocycles. The number of nitrogens with zero attached hydrogens (tertiary/aromatic N) is 2. The Morgan fingerprint density at radius 2 is 1.24 bits per heavy atom. The highest BCUT2D eigenvalue weighted by molar-refractivity contribution is 5.96. The molecule has 0 radical (unpaired) electrons. The largest absolute Gasteiger partial charge is 0.228 e. The van der Waals surface area contributed by atoms with Crippen LogP contribution in [0.3, 0.4) is 0 Å². The first-order valence-corrected chi connectivity index (χ1v) is 9.78. The molecule has 0 N–H and O–H groups in total. The summed E-state index contributed by atoms with van der Waals surface area (Å²) in [7, 11) is 0. The van der Waals surface area contributed by atoms with E-state index in [4.69, 9.17) is 9.97 Å². The van der Waals surface area contributed by atoms with E-state index < -0.39 is 0 Å². The molecule has 0 saturated heterocycles. The van der Waals surface area contributed by atoms with Gasteiger partial charge in [-0.2, -0.15) is 0 Å². The maximum absolute atomic E-state index is 4.96. The molecule has 0 aliphatic rings. The first-order chi connectivity index (χ1) is 14.3. The zero-order chi connectivity index (χ0) is 19.6. The Labute approximate surface area is 170 Å². The Bertz CT molecular complexity index is 1300. The third kappa shape index (κ3) is 3.41. The smallest absolute Gasteiger partial charge is 0.160 e. The molecule has 2 heteroatoms. The normalized spacial score (nSPS) is 10.9. The Hall–Kier alpha value is -3.78. The van der Waals surface area contributed by atoms with Crippen LogP contribution < -0.4 is 0 Å². The zero-order valence-electron chi connectivity index (χ0n) is 16.2. The molecule has 0 bridgehead atoms. The predicted molar refractivity (Wildman–Crippen MR) is 121 cm³/mol. The van der Waals surface area contributed by atoms with Gasteiger partial charge in [-0.3, -0.25) is 0 Å². The molecule has 4 aromatic carbocycles. The van der Waals surface area contributed by atoms with Gasteiger partial charge in [0.05, 0.1) is 11.4 Å². The average Bonchev–Trinajstić information content (AvgIpc) is 2.79. The number of hydrogen-bond donors (Lipinski definition) is 0. The molecular weight excluding hydrogens is 352 g/mol. The molecule has 1 aromatic heterocycles. The van der Waals surface area contributed by atoms with E-state index in [9.17, 15) is 0 Å². The van der Waals surface area contributed by atoms with E-state index in [-0.39, 0.29) is 0 Å². The van der Waals surface area contributed by atoms with E-state index in [1.165, 1.54) is 16.3 Å². The molecular formula is C27H20N2. The highest BCUT2D eigenvalue weighted by Gasteiger charge is 2.12. The SMILES string of the molecule is Cc1cccc(-c2cc(-c3cccc4ccccc34)nc(-c3ccccc3)n2)c1. The lowest BCUT2D eigenvalue weighted by molar-refractivity contribution is 1.18. The van der Waals surface area contributed by atoms with Crippen LogP contribution in [0.1, 0.15) is 5.56 Å². The molecule has 5 rings (SSSR count). The third-order valence-electron chi connectivity index (χ3n) is 5.14. The first kappa shape index (κ1) is 17.3. The number of rotatable bonds is 3. The van der Waals surface area contributed by atoms with Crippen LogP contribution in [0.2, 0.25) is 0 Å². The van der Waals surface area contributed by atoms with Crippen molar-refractivity contribution in [1.29, 1.82) is 0 Å². The highest BCUT2D eigenvalue weighted by Crippen LogP contribution is 2.31. The molecule has 138 valence electrons. The minimum Gasteiger partial charge on any atom is -0.228 e. The fraction of sp³-hybridized carbons (Fsp3) is 0.0370. The Morgan fingerprint density at radius 3 is 2.10 bits per heavy atom. The highest BCUT2D eigenvalue weighted by atomic mass is 14.9. The molecule has 0 amide bonds. The number of fused-ring (bicyclic) bond motifs is 1. The van der Waals surface area contributed by atoms with Crippen molar-refractivity contribution in [3.05, 3.63) is 109 Å². The maximum Gasteiger partial charge on any atom is 0.160 e. The van der Waals surface area contributed by atoms with E-state index in [1.54, 1.807) is 0 Å². The number of hydrogen-bond acceptors (Lipinski definition) is 2. The molecule has 0 aliphatic carbocycles. The lowest BCUT2D eigenvalue weighted by Gasteiger charge is -2.11. The van der Waals surface area contributed by atoms with Gasteiger partial charge in [0.25, 0.3) is 0 Å². The Morgan fingerprint density at radius 1 is 0.552 bits per heavy atom. The summed E-state index contributed by atoms with van der Waals surface area (Å²) < 4.78 is 0. The molecule has 0 fully saturated rings. The van der Waals surface area contributed by atoms with Crippen LogP contribution in [0, 0.1) is 6.92 Å². The second-order valence-corrected chi connectivity index (χ2v) is 7.22. The van der Waals surface area contributed by atoms with Crippen molar-refractivity contribution in [2.24, 2.45) is 0 Å². The zero-order valence-corrected chi connectivity index (χ0v) is 16.2. The lowest BCUT2D eigenvalue weighted by atomic mass is 10.00. The molecule has 0 atom stereocenters. The van der Waals surface area contributed by atoms with Gasteiger partial charge in [0.15, 0.2) is 5.82 Å². The summed E-state index contributed by atoms with van der Waals surface area (Å²) in [5.41, 5.74) is 6.33. The lowest BCUT2D eigenvalue weighted by Crippen LogP contribution is -1.96. The molecule has 29 heavy (non-hydrogen) atoms. The molecule has 0 aliphatic heterocycles. The van der Waals surface area contributed by atoms with Crippen molar-refractivity contribution in [3.63, 3.8) is 0 Å². The van der Waals surface area contributed by atoms with Gasteiger partial charge in [0.2, 0.25) is 0 Å². The van der Waals surface area contributed by atoms with Crippen LogP contribution in [0.5, 0.6) is 0 Å². The van der Waals surface area contributed by atoms with Gasteiger partial charge in [-0.15, -0.1) is 0 Å². The second kappa shape index (κ2) is 7.33. The fourth-order valence-electron chi connectivity index (χ4n) is 3.70. The van der Waals surface area contributed by atoms with E-state index in [0.29, 0.717) is 0 Å². The Kier molecular flexibility index (Phi) is 4.38. The summed E-state index contributed by atoms with van der Waals surface area (Å²) in [6, 6.07) is 35.5. The minimum atomic E-state index is 0.743. The summed E-state index contributed by atoms with van der Waals surface area (Å²) in [5.74, 6) is 0.743. The van der Waals surface area contributed by atoms with E-state index >= 15 is 0 Å². The summed E-state index contributed by atoms with van der Waals surface area (Å²) in [6.45, 7) is 2.11. The molecule has 5 aromatic rings. The third-order valence-corrected chi connectivity index (χ3v) is 5.14. The van der Waals surface area contributed by atoms with Crippen molar-refractivity contribution < 1.29 is 0 Å². The quantitative estimate of drug-likeness (QED) is 0.343. The van der Waals surface area contributed by atoms with Crippen LogP contribution in [0.25, 0.3) is 44.7 Å². The summed E-state index contributed by atoms with van der Waals surface area (Å²) in [4.78, 5) is 9.87. The van der Waals surface area contributed by atoms with E-state index in [1.807, 2.05) is 18.2 Å². The van der Waals surface area contributed by atoms with Crippen LogP contribution in [-0.2, 0) is 0 Å². The van der Waals surface area contributed by atoms with Gasteiger partial charge in [0, 0.05) is 16.7 Å². The number of aryl methyl sites for hydroxylation is 1. The van der Waals surface area contributed by atoms with Gasteiger partial charge in [-0.25, -0.2) is 9.97 Å². The monoisotopic (exact) mass is 372 g/mol. The van der Waals surface area contributed by atoms with Crippen LogP contribution in [0.15, 0.2) is 103 Å². The van der Waals surface area contributed by atoms with Gasteiger partial charge in [-0.05, 0) is 29.8 Å². The number of benzene rings is 4. The standard InChI is InChI=1S/C27H20N2/c1-19-9-7-14-22(17-19)25-18-26(29-27(28-25)21-11-3-2-4-12-21)24-16-8-13-20-10-5-6-15-23(20)24/h2-18H,1H3. The van der Waals surface area contributed by atoms with Gasteiger partial charge >= 0.3 is 0 Å². The second-order valence-electron chi connectivity index (χ2n) is 7.22. The van der Waals surface area contributed by atoms with Gasteiger partial charge in [0.1, 0.15) is 0 Å². The van der Waals surface area contributed by atoms with Crippen LogP contribution in [-0.4, -0.2) is 9.97 Å². The van der Waals surface area contributed by atoms with Crippen LogP contribution in [0.4, 0.5) is 0 Å². The van der Waals surface area contributed by atoms with E-state index in [2.05, 4.69) is 91.9 Å². The van der Waals surface area contributed by atoms with Crippen molar-refractivity contribution in [3.8, 4) is 33.9 Å². The minimum absolute atomic E-state index is 0.743. The van der Waals surface area contributed by atoms with Crippen LogP contribution >= 0.6 is 0 Å². The summed E-state index contributed by atoms with van der Waals surface area (Å²) >= 11 is 0. The summed E-state index contributed by atoms with van der Waals surface area (Å²) in [5, 5.41) is 2.41. The maximum atomic E-state index is 4.96. The van der Waals surface area contributed by atoms with Crippen molar-refractivity contribution in [1.82, 2.24) is 9.97 Å². The predicted octanol–water partition coefficient (Wildman–Crippen LogP) is 6.94. The van der Waals surface area contributed by atoms with Gasteiger partial charge < -0.3 is 0 Å². The summed E-state index contributed by atoms with van der Waals surface area (Å²) in [6.07, 6.45) is 0. The molecule has 2 nitrogen and oxygen atoms in total. The topological polar surface area (TPSA) is 25.8 Å².